The predicted octanol–water partition coefficient (Wildman–Crippen LogP) is 1.70. The number of halogens is 1. The lowest BCUT2D eigenvalue weighted by atomic mass is 10.2. The third-order valence-electron chi connectivity index (χ3n) is 4.72. The molecule has 0 bridgehead atoms. The zero-order valence-corrected chi connectivity index (χ0v) is 17.2. The van der Waals surface area contributed by atoms with E-state index in [0.29, 0.717) is 18.1 Å². The van der Waals surface area contributed by atoms with Crippen molar-refractivity contribution in [3.05, 3.63) is 59.4 Å². The molecular weight excluding hydrogens is 400 g/mol. The first-order valence-corrected chi connectivity index (χ1v) is 10.8. The van der Waals surface area contributed by atoms with Crippen molar-refractivity contribution < 1.29 is 13.2 Å². The van der Waals surface area contributed by atoms with Crippen molar-refractivity contribution in [1.29, 1.82) is 0 Å². The van der Waals surface area contributed by atoms with Crippen LogP contribution in [0.25, 0.3) is 0 Å². The minimum atomic E-state index is -3.73. The van der Waals surface area contributed by atoms with Crippen molar-refractivity contribution in [2.75, 3.05) is 39.8 Å². The fraction of sp³-hybridized carbons (Fsp3) is 0.368. The minimum Gasteiger partial charge on any atom is -0.339 e. The van der Waals surface area contributed by atoms with Gasteiger partial charge in [0.25, 0.3) is 0 Å². The summed E-state index contributed by atoms with van der Waals surface area (Å²) < 4.78 is 26.1. The largest absolute Gasteiger partial charge is 0.339 e. The van der Waals surface area contributed by atoms with Crippen LogP contribution in [0.3, 0.4) is 0 Å². The van der Waals surface area contributed by atoms with Gasteiger partial charge in [-0.1, -0.05) is 23.7 Å². The summed E-state index contributed by atoms with van der Waals surface area (Å²) in [5.41, 5.74) is 1.13. The van der Waals surface area contributed by atoms with Gasteiger partial charge in [-0.25, -0.2) is 8.42 Å². The Hall–Kier alpha value is -2.00. The number of nitrogens with zero attached hydrogens (tertiary/aromatic N) is 4. The van der Waals surface area contributed by atoms with Gasteiger partial charge >= 0.3 is 0 Å². The van der Waals surface area contributed by atoms with Crippen LogP contribution in [-0.4, -0.2) is 73.2 Å². The summed E-state index contributed by atoms with van der Waals surface area (Å²) in [6.45, 7) is 3.19. The summed E-state index contributed by atoms with van der Waals surface area (Å²) in [4.78, 5) is 20.4. The van der Waals surface area contributed by atoms with E-state index in [1.807, 2.05) is 24.3 Å². The number of aromatic nitrogens is 1. The summed E-state index contributed by atoms with van der Waals surface area (Å²) >= 11 is 6.03. The van der Waals surface area contributed by atoms with E-state index in [-0.39, 0.29) is 17.3 Å². The third kappa shape index (κ3) is 5.08. The first-order chi connectivity index (χ1) is 13.4. The molecule has 7 nitrogen and oxygen atoms in total. The molecule has 0 unspecified atom stereocenters. The van der Waals surface area contributed by atoms with E-state index < -0.39 is 10.0 Å². The summed E-state index contributed by atoms with van der Waals surface area (Å²) in [7, 11) is -2.32. The van der Waals surface area contributed by atoms with Gasteiger partial charge in [-0.05, 0) is 29.8 Å². The molecule has 2 heterocycles. The van der Waals surface area contributed by atoms with E-state index in [1.54, 1.807) is 11.0 Å². The van der Waals surface area contributed by atoms with E-state index in [0.717, 1.165) is 29.5 Å². The van der Waals surface area contributed by atoms with E-state index in [1.165, 1.54) is 25.5 Å². The summed E-state index contributed by atoms with van der Waals surface area (Å²) in [6.07, 6.45) is 2.79. The number of pyridine rings is 1. The molecule has 0 spiro atoms. The first-order valence-electron chi connectivity index (χ1n) is 8.97. The summed E-state index contributed by atoms with van der Waals surface area (Å²) in [5, 5.41) is 0.712. The molecule has 1 fully saturated rings. The van der Waals surface area contributed by atoms with Gasteiger partial charge in [-0.3, -0.25) is 14.7 Å². The minimum absolute atomic E-state index is 0.0802. The third-order valence-corrected chi connectivity index (χ3v) is 6.74. The highest BCUT2D eigenvalue weighted by Gasteiger charge is 2.27. The highest BCUT2D eigenvalue weighted by Crippen LogP contribution is 2.15. The zero-order valence-electron chi connectivity index (χ0n) is 15.7. The van der Waals surface area contributed by atoms with Crippen LogP contribution in [0.4, 0.5) is 0 Å². The second-order valence-corrected chi connectivity index (χ2v) is 9.22. The van der Waals surface area contributed by atoms with Gasteiger partial charge in [0, 0.05) is 57.2 Å². The van der Waals surface area contributed by atoms with E-state index >= 15 is 0 Å². The Morgan fingerprint density at radius 3 is 2.57 bits per heavy atom. The Bertz CT molecular complexity index is 916. The quantitative estimate of drug-likeness (QED) is 0.708. The van der Waals surface area contributed by atoms with E-state index in [9.17, 15) is 13.2 Å². The molecule has 1 aromatic heterocycles. The first kappa shape index (κ1) is 20.7. The Labute approximate surface area is 170 Å². The highest BCUT2D eigenvalue weighted by molar-refractivity contribution is 7.89. The number of hydrogen-bond acceptors (Lipinski definition) is 5. The molecule has 1 aliphatic rings. The molecule has 150 valence electrons. The molecule has 0 aliphatic carbocycles. The number of likely N-dealkylation sites (N-methyl/N-ethyl adjacent to an activating group) is 1. The Balaban J connectivity index is 1.52. The van der Waals surface area contributed by atoms with Crippen LogP contribution in [0.2, 0.25) is 5.02 Å². The molecule has 1 aliphatic heterocycles. The van der Waals surface area contributed by atoms with Gasteiger partial charge in [-0.15, -0.1) is 0 Å². The highest BCUT2D eigenvalue weighted by atomic mass is 35.5. The lowest BCUT2D eigenvalue weighted by Crippen LogP contribution is -2.51. The second kappa shape index (κ2) is 9.00. The van der Waals surface area contributed by atoms with E-state index in [2.05, 4.69) is 9.88 Å². The molecule has 1 aromatic carbocycles. The Morgan fingerprint density at radius 2 is 1.93 bits per heavy atom. The molecule has 9 heteroatoms. The zero-order chi connectivity index (χ0) is 20.1. The van der Waals surface area contributed by atoms with Crippen LogP contribution in [0, 0.1) is 0 Å². The molecule has 0 saturated carbocycles. The smallest absolute Gasteiger partial charge is 0.244 e. The fourth-order valence-corrected chi connectivity index (χ4v) is 4.40. The van der Waals surface area contributed by atoms with Crippen molar-refractivity contribution in [1.82, 2.24) is 19.1 Å². The van der Waals surface area contributed by atoms with Gasteiger partial charge in [-0.2, -0.15) is 4.31 Å². The van der Waals surface area contributed by atoms with Gasteiger partial charge in [0.1, 0.15) is 4.90 Å². The molecule has 1 amide bonds. The molecule has 0 atom stereocenters. The van der Waals surface area contributed by atoms with Crippen LogP contribution >= 0.6 is 11.6 Å². The van der Waals surface area contributed by atoms with Crippen LogP contribution in [0.15, 0.2) is 53.7 Å². The standard InChI is InChI=1S/C19H23ClN4O3S/c1-22(28(26,27)18-6-3-7-21-13-18)15-19(25)24-10-8-23(9-11-24)14-16-4-2-5-17(20)12-16/h2-7,12-13H,8-11,14-15H2,1H3. The number of rotatable bonds is 6. The molecule has 0 N–H and O–H groups in total. The average Bonchev–Trinajstić information content (AvgIpc) is 2.69. The van der Waals surface area contributed by atoms with Crippen molar-refractivity contribution >= 4 is 27.5 Å². The van der Waals surface area contributed by atoms with E-state index in [4.69, 9.17) is 11.6 Å². The number of benzene rings is 1. The number of sulfonamides is 1. The Morgan fingerprint density at radius 1 is 1.18 bits per heavy atom. The van der Waals surface area contributed by atoms with Gasteiger partial charge in [0.05, 0.1) is 6.54 Å². The fourth-order valence-electron chi connectivity index (χ4n) is 3.10. The monoisotopic (exact) mass is 422 g/mol. The van der Waals surface area contributed by atoms with Gasteiger partial charge in [0.2, 0.25) is 15.9 Å². The van der Waals surface area contributed by atoms with Crippen LogP contribution in [-0.2, 0) is 21.4 Å². The maximum atomic E-state index is 12.6. The molecule has 28 heavy (non-hydrogen) atoms. The van der Waals surface area contributed by atoms with Crippen molar-refractivity contribution in [3.8, 4) is 0 Å². The summed E-state index contributed by atoms with van der Waals surface area (Å²) in [5.74, 6) is -0.197. The van der Waals surface area contributed by atoms with Crippen molar-refractivity contribution in [2.45, 2.75) is 11.4 Å². The van der Waals surface area contributed by atoms with Gasteiger partial charge < -0.3 is 4.90 Å². The van der Waals surface area contributed by atoms with Crippen molar-refractivity contribution in [3.63, 3.8) is 0 Å². The van der Waals surface area contributed by atoms with Crippen molar-refractivity contribution in [2.24, 2.45) is 0 Å². The van der Waals surface area contributed by atoms with Crippen LogP contribution < -0.4 is 0 Å². The number of carbonyl (C=O) groups excluding carboxylic acids is 1. The number of carbonyl (C=O) groups is 1. The molecular formula is C19H23ClN4O3S. The lowest BCUT2D eigenvalue weighted by Gasteiger charge is -2.35. The second-order valence-electron chi connectivity index (χ2n) is 6.74. The lowest BCUT2D eigenvalue weighted by molar-refractivity contribution is -0.133. The normalized spacial score (nSPS) is 15.8. The number of amides is 1. The number of hydrogen-bond donors (Lipinski definition) is 0. The maximum absolute atomic E-state index is 12.6. The Kier molecular flexibility index (Phi) is 6.66. The van der Waals surface area contributed by atoms with Gasteiger partial charge in [0.15, 0.2) is 0 Å². The molecule has 3 rings (SSSR count). The van der Waals surface area contributed by atoms with Crippen LogP contribution in [0.1, 0.15) is 5.56 Å². The molecule has 0 radical (unpaired) electrons. The number of piperazine rings is 1. The molecule has 2 aromatic rings. The predicted molar refractivity (Wildman–Crippen MR) is 107 cm³/mol. The SMILES string of the molecule is CN(CC(=O)N1CCN(Cc2cccc(Cl)c2)CC1)S(=O)(=O)c1cccnc1. The summed E-state index contributed by atoms with van der Waals surface area (Å²) in [6, 6.07) is 10.8. The maximum Gasteiger partial charge on any atom is 0.244 e. The average molecular weight is 423 g/mol. The topological polar surface area (TPSA) is 73.8 Å². The van der Waals surface area contributed by atoms with Crippen LogP contribution in [0.5, 0.6) is 0 Å². The molecule has 1 saturated heterocycles.